The average molecular weight is 343 g/mol. The second-order valence-electron chi connectivity index (χ2n) is 6.54. The van der Waals surface area contributed by atoms with Crippen LogP contribution < -0.4 is 5.32 Å². The van der Waals surface area contributed by atoms with Crippen LogP contribution in [0.1, 0.15) is 40.7 Å². The van der Waals surface area contributed by atoms with Gasteiger partial charge < -0.3 is 5.32 Å². The molecule has 130 valence electrons. The highest BCUT2D eigenvalue weighted by atomic mass is 16.1. The number of carbonyl (C=O) groups is 1. The number of fused-ring (bicyclic) bond motifs is 3. The first-order chi connectivity index (χ1) is 12.8. The summed E-state index contributed by atoms with van der Waals surface area (Å²) >= 11 is 0. The van der Waals surface area contributed by atoms with Crippen molar-refractivity contribution in [3.05, 3.63) is 77.1 Å². The molecule has 1 aromatic heterocycles. The molecule has 1 heterocycles. The summed E-state index contributed by atoms with van der Waals surface area (Å²) in [6.45, 7) is 2.11. The van der Waals surface area contributed by atoms with Crippen molar-refractivity contribution >= 4 is 11.7 Å². The summed E-state index contributed by atoms with van der Waals surface area (Å²) < 4.78 is 0. The van der Waals surface area contributed by atoms with Gasteiger partial charge in [0, 0.05) is 11.1 Å². The van der Waals surface area contributed by atoms with E-state index in [9.17, 15) is 4.79 Å². The van der Waals surface area contributed by atoms with Crippen LogP contribution in [0.25, 0.3) is 11.3 Å². The first-order valence-electron chi connectivity index (χ1n) is 9.10. The molecular formula is C22H21N3O. The van der Waals surface area contributed by atoms with E-state index in [-0.39, 0.29) is 5.91 Å². The molecule has 1 aliphatic carbocycles. The molecule has 0 atom stereocenters. The van der Waals surface area contributed by atoms with E-state index in [0.717, 1.165) is 42.8 Å². The van der Waals surface area contributed by atoms with Gasteiger partial charge >= 0.3 is 0 Å². The Labute approximate surface area is 153 Å². The number of nitrogens with one attached hydrogen (secondary N) is 1. The molecule has 1 aliphatic rings. The molecule has 4 heteroatoms. The Kier molecular flexibility index (Phi) is 4.48. The standard InChI is InChI=1S/C22H21N3O/c1-2-8-19-21(25-22(26)16-10-4-3-5-11-16)24-18-14-13-15-9-6-7-12-17(15)20(18)23-19/h3-7,9-12H,2,8,13-14H2,1H3,(H,24,25,26). The number of carbonyl (C=O) groups excluding carboxylic acids is 1. The first-order valence-corrected chi connectivity index (χ1v) is 9.10. The number of aryl methyl sites for hydroxylation is 3. The van der Waals surface area contributed by atoms with E-state index in [4.69, 9.17) is 9.97 Å². The van der Waals surface area contributed by atoms with Crippen molar-refractivity contribution in [1.29, 1.82) is 0 Å². The number of rotatable bonds is 4. The Morgan fingerprint density at radius 1 is 1.00 bits per heavy atom. The fourth-order valence-electron chi connectivity index (χ4n) is 3.40. The Balaban J connectivity index is 1.73. The molecule has 2 aromatic carbocycles. The Hall–Kier alpha value is -3.01. The van der Waals surface area contributed by atoms with E-state index in [2.05, 4.69) is 30.4 Å². The highest BCUT2D eigenvalue weighted by Crippen LogP contribution is 2.32. The molecule has 4 rings (SSSR count). The first kappa shape index (κ1) is 16.5. The molecule has 26 heavy (non-hydrogen) atoms. The van der Waals surface area contributed by atoms with Gasteiger partial charge in [-0.1, -0.05) is 55.8 Å². The van der Waals surface area contributed by atoms with E-state index in [1.54, 1.807) is 12.1 Å². The highest BCUT2D eigenvalue weighted by Gasteiger charge is 2.22. The zero-order valence-corrected chi connectivity index (χ0v) is 14.8. The Bertz CT molecular complexity index is 951. The van der Waals surface area contributed by atoms with Crippen molar-refractivity contribution in [2.24, 2.45) is 0 Å². The van der Waals surface area contributed by atoms with Crippen LogP contribution >= 0.6 is 0 Å². The van der Waals surface area contributed by atoms with Gasteiger partial charge in [-0.05, 0) is 37.0 Å². The van der Waals surface area contributed by atoms with E-state index in [1.165, 1.54) is 11.1 Å². The fourth-order valence-corrected chi connectivity index (χ4v) is 3.40. The Morgan fingerprint density at radius 3 is 2.58 bits per heavy atom. The van der Waals surface area contributed by atoms with Gasteiger partial charge in [-0.25, -0.2) is 9.97 Å². The smallest absolute Gasteiger partial charge is 0.256 e. The number of anilines is 1. The third-order valence-electron chi connectivity index (χ3n) is 4.70. The van der Waals surface area contributed by atoms with Gasteiger partial charge in [0.15, 0.2) is 5.82 Å². The molecule has 1 amide bonds. The van der Waals surface area contributed by atoms with Gasteiger partial charge in [0.2, 0.25) is 0 Å². The van der Waals surface area contributed by atoms with Crippen molar-refractivity contribution < 1.29 is 4.79 Å². The number of nitrogens with zero attached hydrogens (tertiary/aromatic N) is 2. The molecular weight excluding hydrogens is 322 g/mol. The van der Waals surface area contributed by atoms with Crippen LogP contribution in [0.15, 0.2) is 54.6 Å². The number of hydrogen-bond acceptors (Lipinski definition) is 3. The second kappa shape index (κ2) is 7.08. The van der Waals surface area contributed by atoms with Gasteiger partial charge in [-0.3, -0.25) is 4.79 Å². The highest BCUT2D eigenvalue weighted by molar-refractivity contribution is 6.04. The molecule has 0 bridgehead atoms. The van der Waals surface area contributed by atoms with Crippen LogP contribution in [0.3, 0.4) is 0 Å². The summed E-state index contributed by atoms with van der Waals surface area (Å²) in [4.78, 5) is 22.3. The predicted octanol–water partition coefficient (Wildman–Crippen LogP) is 4.45. The number of hydrogen-bond donors (Lipinski definition) is 1. The summed E-state index contributed by atoms with van der Waals surface area (Å²) in [6.07, 6.45) is 3.53. The molecule has 0 aliphatic heterocycles. The Morgan fingerprint density at radius 2 is 1.77 bits per heavy atom. The lowest BCUT2D eigenvalue weighted by Crippen LogP contribution is -2.18. The molecule has 0 fully saturated rings. The molecule has 0 spiro atoms. The quantitative estimate of drug-likeness (QED) is 0.761. The van der Waals surface area contributed by atoms with E-state index < -0.39 is 0 Å². The van der Waals surface area contributed by atoms with Crippen molar-refractivity contribution in [2.75, 3.05) is 5.32 Å². The lowest BCUT2D eigenvalue weighted by molar-refractivity contribution is 0.102. The number of aromatic nitrogens is 2. The largest absolute Gasteiger partial charge is 0.305 e. The number of amides is 1. The lowest BCUT2D eigenvalue weighted by Gasteiger charge is -2.20. The van der Waals surface area contributed by atoms with Crippen LogP contribution in [0.2, 0.25) is 0 Å². The van der Waals surface area contributed by atoms with Crippen molar-refractivity contribution in [2.45, 2.75) is 32.6 Å². The summed E-state index contributed by atoms with van der Waals surface area (Å²) in [5.41, 5.74) is 5.89. The van der Waals surface area contributed by atoms with E-state index in [0.29, 0.717) is 11.4 Å². The van der Waals surface area contributed by atoms with Gasteiger partial charge in [0.05, 0.1) is 17.1 Å². The second-order valence-corrected chi connectivity index (χ2v) is 6.54. The SMILES string of the molecule is CCCc1nc2c(nc1NC(=O)c1ccccc1)CCc1ccccc1-2. The fraction of sp³-hybridized carbons (Fsp3) is 0.227. The maximum absolute atomic E-state index is 12.6. The summed E-state index contributed by atoms with van der Waals surface area (Å²) in [5.74, 6) is 0.451. The molecule has 0 unspecified atom stereocenters. The van der Waals surface area contributed by atoms with Crippen molar-refractivity contribution in [1.82, 2.24) is 9.97 Å². The van der Waals surface area contributed by atoms with Crippen molar-refractivity contribution in [3.63, 3.8) is 0 Å². The molecule has 0 saturated heterocycles. The van der Waals surface area contributed by atoms with Crippen LogP contribution in [-0.2, 0) is 19.3 Å². The third-order valence-corrected chi connectivity index (χ3v) is 4.70. The zero-order valence-electron chi connectivity index (χ0n) is 14.8. The van der Waals surface area contributed by atoms with Crippen LogP contribution in [0.4, 0.5) is 5.82 Å². The maximum Gasteiger partial charge on any atom is 0.256 e. The molecule has 3 aromatic rings. The van der Waals surface area contributed by atoms with Crippen LogP contribution in [0.5, 0.6) is 0 Å². The summed E-state index contributed by atoms with van der Waals surface area (Å²) in [7, 11) is 0. The third kappa shape index (κ3) is 3.10. The minimum Gasteiger partial charge on any atom is -0.305 e. The maximum atomic E-state index is 12.6. The number of benzene rings is 2. The molecule has 0 saturated carbocycles. The van der Waals surface area contributed by atoms with Gasteiger partial charge in [0.1, 0.15) is 0 Å². The summed E-state index contributed by atoms with van der Waals surface area (Å²) in [5, 5.41) is 2.97. The zero-order chi connectivity index (χ0) is 17.9. The van der Waals surface area contributed by atoms with Crippen LogP contribution in [0, 0.1) is 0 Å². The monoisotopic (exact) mass is 343 g/mol. The molecule has 0 radical (unpaired) electrons. The molecule has 4 nitrogen and oxygen atoms in total. The van der Waals surface area contributed by atoms with Crippen molar-refractivity contribution in [3.8, 4) is 11.3 Å². The van der Waals surface area contributed by atoms with Gasteiger partial charge in [0.25, 0.3) is 5.91 Å². The lowest BCUT2D eigenvalue weighted by atomic mass is 9.91. The topological polar surface area (TPSA) is 54.9 Å². The predicted molar refractivity (Wildman–Crippen MR) is 103 cm³/mol. The minimum absolute atomic E-state index is 0.145. The average Bonchev–Trinajstić information content (AvgIpc) is 2.69. The molecule has 1 N–H and O–H groups in total. The van der Waals surface area contributed by atoms with Gasteiger partial charge in [-0.2, -0.15) is 0 Å². The van der Waals surface area contributed by atoms with E-state index >= 15 is 0 Å². The van der Waals surface area contributed by atoms with E-state index in [1.807, 2.05) is 24.3 Å². The minimum atomic E-state index is -0.145. The normalized spacial score (nSPS) is 12.2. The summed E-state index contributed by atoms with van der Waals surface area (Å²) in [6, 6.07) is 17.6. The van der Waals surface area contributed by atoms with Gasteiger partial charge in [-0.15, -0.1) is 0 Å². The van der Waals surface area contributed by atoms with Crippen LogP contribution in [-0.4, -0.2) is 15.9 Å².